The van der Waals surface area contributed by atoms with E-state index in [4.69, 9.17) is 25.8 Å². The molecule has 1 aliphatic rings. The van der Waals surface area contributed by atoms with Crippen LogP contribution in [0.15, 0.2) is 0 Å². The summed E-state index contributed by atoms with van der Waals surface area (Å²) in [7, 11) is 0. The molecule has 1 aliphatic heterocycles. The van der Waals surface area contributed by atoms with Crippen LogP contribution in [-0.2, 0) is 9.53 Å². The summed E-state index contributed by atoms with van der Waals surface area (Å²) in [5.74, 6) is -1.29. The molecule has 6 heteroatoms. The Hall–Kier alpha value is -0.690. The van der Waals surface area contributed by atoms with Crippen molar-refractivity contribution in [2.75, 3.05) is 6.54 Å². The lowest BCUT2D eigenvalue weighted by Crippen LogP contribution is -2.37. The van der Waals surface area contributed by atoms with Crippen molar-refractivity contribution in [3.05, 3.63) is 0 Å². The van der Waals surface area contributed by atoms with Gasteiger partial charge in [0, 0.05) is 6.54 Å². The maximum absolute atomic E-state index is 10.4. The van der Waals surface area contributed by atoms with Crippen molar-refractivity contribution < 1.29 is 24.9 Å². The van der Waals surface area contributed by atoms with Gasteiger partial charge >= 0.3 is 5.97 Å². The van der Waals surface area contributed by atoms with Gasteiger partial charge in [0.05, 0.1) is 6.10 Å². The molecule has 70 valence electrons. The molecule has 0 aliphatic carbocycles. The number of carboxylic acids is 1. The zero-order valence-corrected chi connectivity index (χ0v) is 6.25. The van der Waals surface area contributed by atoms with Crippen LogP contribution in [0.5, 0.6) is 0 Å². The Morgan fingerprint density at radius 3 is 2.25 bits per heavy atom. The number of aliphatic hydroxyl groups excluding tert-OH is 2. The van der Waals surface area contributed by atoms with Crippen molar-refractivity contribution in [2.24, 2.45) is 5.73 Å². The fraction of sp³-hybridized carbons (Fsp3) is 0.833. The lowest BCUT2D eigenvalue weighted by molar-refractivity contribution is -0.153. The third kappa shape index (κ3) is 1.42. The van der Waals surface area contributed by atoms with Crippen molar-refractivity contribution in [3.63, 3.8) is 0 Å². The number of aliphatic hydroxyl groups is 2. The smallest absolute Gasteiger partial charge is 0.335 e. The molecular weight excluding hydrogens is 166 g/mol. The average molecular weight is 177 g/mol. The summed E-state index contributed by atoms with van der Waals surface area (Å²) < 4.78 is 4.77. The van der Waals surface area contributed by atoms with Crippen molar-refractivity contribution in [1.82, 2.24) is 0 Å². The molecule has 0 spiro atoms. The summed E-state index contributed by atoms with van der Waals surface area (Å²) in [4.78, 5) is 10.4. The van der Waals surface area contributed by atoms with E-state index in [-0.39, 0.29) is 6.54 Å². The minimum atomic E-state index is -1.39. The molecule has 12 heavy (non-hydrogen) atoms. The van der Waals surface area contributed by atoms with Gasteiger partial charge in [-0.1, -0.05) is 0 Å². The van der Waals surface area contributed by atoms with E-state index >= 15 is 0 Å². The minimum Gasteiger partial charge on any atom is -0.479 e. The van der Waals surface area contributed by atoms with E-state index in [1.807, 2.05) is 0 Å². The van der Waals surface area contributed by atoms with Crippen molar-refractivity contribution >= 4 is 5.97 Å². The fourth-order valence-corrected chi connectivity index (χ4v) is 1.15. The Bertz CT molecular complexity index is 185. The number of carboxylic acid groups (broad SMARTS) is 1. The Labute approximate surface area is 68.6 Å². The Balaban J connectivity index is 2.66. The number of nitrogens with two attached hydrogens (primary N) is 1. The molecule has 0 saturated carbocycles. The van der Waals surface area contributed by atoms with Gasteiger partial charge in [0.2, 0.25) is 0 Å². The molecule has 4 atom stereocenters. The second-order valence-electron chi connectivity index (χ2n) is 2.65. The maximum atomic E-state index is 10.4. The van der Waals surface area contributed by atoms with E-state index in [9.17, 15) is 4.79 Å². The SMILES string of the molecule is NCC1O[C@H](C(=O)O)[C@@H](O)[C@H]1O. The maximum Gasteiger partial charge on any atom is 0.335 e. The van der Waals surface area contributed by atoms with E-state index in [1.165, 1.54) is 0 Å². The van der Waals surface area contributed by atoms with E-state index in [0.29, 0.717) is 0 Å². The van der Waals surface area contributed by atoms with Crippen molar-refractivity contribution in [3.8, 4) is 0 Å². The zero-order valence-electron chi connectivity index (χ0n) is 6.25. The summed E-state index contributed by atoms with van der Waals surface area (Å²) in [5, 5.41) is 26.8. The quantitative estimate of drug-likeness (QED) is 0.371. The molecule has 0 aromatic rings. The van der Waals surface area contributed by atoms with Crippen LogP contribution in [0, 0.1) is 0 Å². The van der Waals surface area contributed by atoms with E-state index in [0.717, 1.165) is 0 Å². The van der Waals surface area contributed by atoms with Crippen molar-refractivity contribution in [1.29, 1.82) is 0 Å². The molecule has 0 radical (unpaired) electrons. The first kappa shape index (κ1) is 9.40. The third-order valence-electron chi connectivity index (χ3n) is 1.84. The second kappa shape index (κ2) is 3.36. The minimum absolute atomic E-state index is 0.0119. The van der Waals surface area contributed by atoms with E-state index < -0.39 is 30.4 Å². The number of aliphatic carboxylic acids is 1. The number of rotatable bonds is 2. The predicted molar refractivity (Wildman–Crippen MR) is 37.4 cm³/mol. The summed E-state index contributed by atoms with van der Waals surface area (Å²) in [6, 6.07) is 0. The molecule has 5 N–H and O–H groups in total. The van der Waals surface area contributed by atoms with Crippen LogP contribution in [0.1, 0.15) is 0 Å². The molecular formula is C6H11NO5. The van der Waals surface area contributed by atoms with Gasteiger partial charge < -0.3 is 25.8 Å². The standard InChI is InChI=1S/C6H11NO5/c7-1-2-3(8)4(9)5(12-2)6(10)11/h2-5,8-9H,1,7H2,(H,10,11)/t2?,3-,4-,5-/m0/s1. The van der Waals surface area contributed by atoms with Gasteiger partial charge in [-0.25, -0.2) is 4.79 Å². The largest absolute Gasteiger partial charge is 0.479 e. The molecule has 1 rings (SSSR count). The monoisotopic (exact) mass is 177 g/mol. The summed E-state index contributed by atoms with van der Waals surface area (Å²) in [5.41, 5.74) is 5.16. The average Bonchev–Trinajstić information content (AvgIpc) is 2.30. The molecule has 1 heterocycles. The molecule has 1 saturated heterocycles. The van der Waals surface area contributed by atoms with Crippen LogP contribution in [0.3, 0.4) is 0 Å². The number of hydrogen-bond donors (Lipinski definition) is 4. The normalized spacial score (nSPS) is 41.6. The van der Waals surface area contributed by atoms with Crippen LogP contribution >= 0.6 is 0 Å². The highest BCUT2D eigenvalue weighted by atomic mass is 16.6. The Morgan fingerprint density at radius 1 is 1.42 bits per heavy atom. The summed E-state index contributed by atoms with van der Waals surface area (Å²) in [6.45, 7) is -0.0119. The first-order valence-electron chi connectivity index (χ1n) is 3.52. The Morgan fingerprint density at radius 2 is 2.00 bits per heavy atom. The highest BCUT2D eigenvalue weighted by Gasteiger charge is 2.45. The fourth-order valence-electron chi connectivity index (χ4n) is 1.15. The van der Waals surface area contributed by atoms with Gasteiger partial charge in [-0.15, -0.1) is 0 Å². The lowest BCUT2D eigenvalue weighted by atomic mass is 10.1. The first-order valence-corrected chi connectivity index (χ1v) is 3.52. The molecule has 0 bridgehead atoms. The molecule has 0 aromatic carbocycles. The van der Waals surface area contributed by atoms with Gasteiger partial charge in [0.1, 0.15) is 12.2 Å². The van der Waals surface area contributed by atoms with Crippen LogP contribution in [0.4, 0.5) is 0 Å². The van der Waals surface area contributed by atoms with Crippen molar-refractivity contribution in [2.45, 2.75) is 24.4 Å². The molecule has 6 nitrogen and oxygen atoms in total. The lowest BCUT2D eigenvalue weighted by Gasteiger charge is -2.10. The van der Waals surface area contributed by atoms with Crippen LogP contribution in [-0.4, -0.2) is 52.2 Å². The highest BCUT2D eigenvalue weighted by Crippen LogP contribution is 2.20. The molecule has 0 aromatic heterocycles. The predicted octanol–water partition coefficient (Wildman–Crippen LogP) is -2.48. The highest BCUT2D eigenvalue weighted by molar-refractivity contribution is 5.73. The van der Waals surface area contributed by atoms with Gasteiger partial charge in [0.25, 0.3) is 0 Å². The van der Waals surface area contributed by atoms with Crippen LogP contribution < -0.4 is 5.73 Å². The summed E-state index contributed by atoms with van der Waals surface area (Å²) in [6.07, 6.45) is -4.76. The zero-order chi connectivity index (χ0) is 9.30. The molecule has 0 amide bonds. The van der Waals surface area contributed by atoms with Crippen LogP contribution in [0.2, 0.25) is 0 Å². The summed E-state index contributed by atoms with van der Waals surface area (Å²) >= 11 is 0. The third-order valence-corrected chi connectivity index (χ3v) is 1.84. The first-order chi connectivity index (χ1) is 5.57. The van der Waals surface area contributed by atoms with E-state index in [2.05, 4.69) is 0 Å². The second-order valence-corrected chi connectivity index (χ2v) is 2.65. The number of hydrogen-bond acceptors (Lipinski definition) is 5. The van der Waals surface area contributed by atoms with Gasteiger partial charge in [-0.2, -0.15) is 0 Å². The molecule has 1 unspecified atom stereocenters. The topological polar surface area (TPSA) is 113 Å². The number of ether oxygens (including phenoxy) is 1. The van der Waals surface area contributed by atoms with Gasteiger partial charge in [0.15, 0.2) is 6.10 Å². The van der Waals surface area contributed by atoms with Gasteiger partial charge in [-0.05, 0) is 0 Å². The van der Waals surface area contributed by atoms with Crippen LogP contribution in [0.25, 0.3) is 0 Å². The molecule has 1 fully saturated rings. The number of carbonyl (C=O) groups is 1. The Kier molecular flexibility index (Phi) is 2.63. The van der Waals surface area contributed by atoms with E-state index in [1.54, 1.807) is 0 Å². The van der Waals surface area contributed by atoms with Gasteiger partial charge in [-0.3, -0.25) is 0 Å².